The molecule has 2 aromatic carbocycles. The van der Waals surface area contributed by atoms with E-state index in [1.807, 2.05) is 36.2 Å². The molecule has 7 nitrogen and oxygen atoms in total. The van der Waals surface area contributed by atoms with Crippen molar-refractivity contribution in [3.05, 3.63) is 71.4 Å². The van der Waals surface area contributed by atoms with Crippen LogP contribution in [0.2, 0.25) is 0 Å². The number of H-pyrrole nitrogens is 1. The Labute approximate surface area is 243 Å². The third-order valence-electron chi connectivity index (χ3n) is 10.4. The number of hydrogen-bond donors (Lipinski definition) is 4. The number of carbonyl (C=O) groups is 2. The fourth-order valence-corrected chi connectivity index (χ4v) is 7.87. The second-order valence-corrected chi connectivity index (χ2v) is 12.8. The minimum atomic E-state index is -0.668. The molecule has 5 N–H and O–H groups in total. The summed E-state index contributed by atoms with van der Waals surface area (Å²) < 4.78 is 0. The number of amides is 3. The minimum Gasteiger partial charge on any atom is -0.361 e. The first-order chi connectivity index (χ1) is 20.0. The molecule has 3 aliphatic rings. The van der Waals surface area contributed by atoms with Gasteiger partial charge in [-0.3, -0.25) is 4.79 Å². The van der Waals surface area contributed by atoms with Gasteiger partial charge in [0.25, 0.3) is 0 Å². The number of aromatic nitrogens is 1. The first kappa shape index (κ1) is 27.8. The van der Waals surface area contributed by atoms with Crippen LogP contribution in [0.5, 0.6) is 0 Å². The zero-order valence-corrected chi connectivity index (χ0v) is 24.3. The summed E-state index contributed by atoms with van der Waals surface area (Å²) >= 11 is 0. The van der Waals surface area contributed by atoms with Crippen molar-refractivity contribution in [2.24, 2.45) is 17.6 Å². The summed E-state index contributed by atoms with van der Waals surface area (Å²) in [6, 6.07) is 16.1. The molecular weight excluding hydrogens is 510 g/mol. The Morgan fingerprint density at radius 1 is 1.05 bits per heavy atom. The molecule has 2 aliphatic carbocycles. The maximum atomic E-state index is 13.8. The number of urea groups is 1. The summed E-state index contributed by atoms with van der Waals surface area (Å²) in [6.45, 7) is 4.81. The third kappa shape index (κ3) is 5.61. The summed E-state index contributed by atoms with van der Waals surface area (Å²) in [5.74, 6) is 0.675. The van der Waals surface area contributed by atoms with Crippen LogP contribution in [-0.4, -0.2) is 54.0 Å². The van der Waals surface area contributed by atoms with Crippen LogP contribution in [0.1, 0.15) is 74.5 Å². The standard InChI is InChI=1S/C34H45N5O2/c1-23(28-22-36-30-12-5-3-10-27(28)30)31(32(40)37-21-25-8-6-7-24(19-25)20-35)38-33(41)39-17-15-34(16-18-39)14-13-26-9-2-4-11-29(26)34/h2-5,9-12,22-25,31,36H,6-8,13-21,35H2,1H3,(H,37,40)(H,38,41)/t23-,24-,25+,31+/m0/s1. The number of piperidine rings is 1. The van der Waals surface area contributed by atoms with Crippen LogP contribution in [-0.2, 0) is 16.6 Å². The maximum Gasteiger partial charge on any atom is 0.318 e. The first-order valence-corrected chi connectivity index (χ1v) is 15.6. The normalized spacial score (nSPS) is 23.2. The molecule has 0 unspecified atom stereocenters. The van der Waals surface area contributed by atoms with E-state index in [0.717, 1.165) is 61.4 Å². The molecule has 2 fully saturated rings. The molecule has 1 saturated heterocycles. The zero-order chi connectivity index (χ0) is 28.4. The van der Waals surface area contributed by atoms with Crippen molar-refractivity contribution in [2.75, 3.05) is 26.2 Å². The van der Waals surface area contributed by atoms with E-state index in [2.05, 4.69) is 45.9 Å². The Kier molecular flexibility index (Phi) is 8.07. The highest BCUT2D eigenvalue weighted by Crippen LogP contribution is 2.46. The lowest BCUT2D eigenvalue weighted by atomic mass is 9.74. The summed E-state index contributed by atoms with van der Waals surface area (Å²) in [5, 5.41) is 7.50. The Morgan fingerprint density at radius 2 is 1.80 bits per heavy atom. The van der Waals surface area contributed by atoms with Crippen molar-refractivity contribution in [3.63, 3.8) is 0 Å². The van der Waals surface area contributed by atoms with E-state index < -0.39 is 6.04 Å². The van der Waals surface area contributed by atoms with Crippen molar-refractivity contribution in [1.29, 1.82) is 0 Å². The Bertz CT molecular complexity index is 1370. The van der Waals surface area contributed by atoms with Crippen molar-refractivity contribution >= 4 is 22.8 Å². The number of fused-ring (bicyclic) bond motifs is 3. The van der Waals surface area contributed by atoms with Gasteiger partial charge in [-0.15, -0.1) is 0 Å². The average molecular weight is 556 g/mol. The average Bonchev–Trinajstić information content (AvgIpc) is 3.61. The lowest BCUT2D eigenvalue weighted by Crippen LogP contribution is -2.56. The SMILES string of the molecule is C[C@@H](c1c[nH]c2ccccc12)[C@@H](NC(=O)N1CCC2(CCc3ccccc32)CC1)C(=O)NC[C@@H]1CCC[C@H](CN)C1. The highest BCUT2D eigenvalue weighted by Gasteiger charge is 2.42. The molecular formula is C34H45N5O2. The van der Waals surface area contributed by atoms with Crippen LogP contribution in [0, 0.1) is 11.8 Å². The van der Waals surface area contributed by atoms with Gasteiger partial charge in [-0.2, -0.15) is 0 Å². The number of para-hydroxylation sites is 1. The lowest BCUT2D eigenvalue weighted by molar-refractivity contribution is -0.123. The molecule has 6 rings (SSSR count). The molecule has 41 heavy (non-hydrogen) atoms. The highest BCUT2D eigenvalue weighted by atomic mass is 16.2. The molecule has 218 valence electrons. The molecule has 7 heteroatoms. The summed E-state index contributed by atoms with van der Waals surface area (Å²) in [5.41, 5.74) is 11.2. The predicted octanol–water partition coefficient (Wildman–Crippen LogP) is 5.21. The third-order valence-corrected chi connectivity index (χ3v) is 10.4. The van der Waals surface area contributed by atoms with Crippen molar-refractivity contribution < 1.29 is 9.59 Å². The van der Waals surface area contributed by atoms with Crippen molar-refractivity contribution in [2.45, 2.75) is 75.7 Å². The zero-order valence-electron chi connectivity index (χ0n) is 24.3. The van der Waals surface area contributed by atoms with E-state index in [0.29, 0.717) is 38.0 Å². The van der Waals surface area contributed by atoms with Gasteiger partial charge < -0.3 is 26.3 Å². The molecule has 0 radical (unpaired) electrons. The van der Waals surface area contributed by atoms with E-state index >= 15 is 0 Å². The molecule has 1 saturated carbocycles. The smallest absolute Gasteiger partial charge is 0.318 e. The topological polar surface area (TPSA) is 103 Å². The maximum absolute atomic E-state index is 13.8. The van der Waals surface area contributed by atoms with Crippen LogP contribution in [0.25, 0.3) is 10.9 Å². The lowest BCUT2D eigenvalue weighted by Gasteiger charge is -2.40. The first-order valence-electron chi connectivity index (χ1n) is 15.6. The molecule has 0 bridgehead atoms. The molecule has 2 heterocycles. The van der Waals surface area contributed by atoms with Gasteiger partial charge in [0, 0.05) is 42.7 Å². The van der Waals surface area contributed by atoms with E-state index in [4.69, 9.17) is 5.73 Å². The number of likely N-dealkylation sites (tertiary alicyclic amines) is 1. The summed E-state index contributed by atoms with van der Waals surface area (Å²) in [6.07, 6.45) is 10.7. The van der Waals surface area contributed by atoms with Crippen LogP contribution < -0.4 is 16.4 Å². The van der Waals surface area contributed by atoms with Gasteiger partial charge in [0.05, 0.1) is 0 Å². The van der Waals surface area contributed by atoms with Gasteiger partial charge in [0.15, 0.2) is 0 Å². The molecule has 4 atom stereocenters. The summed E-state index contributed by atoms with van der Waals surface area (Å²) in [4.78, 5) is 32.8. The number of hydrogen-bond acceptors (Lipinski definition) is 3. The van der Waals surface area contributed by atoms with E-state index in [9.17, 15) is 9.59 Å². The Balaban J connectivity index is 1.16. The molecule has 1 spiro atoms. The predicted molar refractivity (Wildman–Crippen MR) is 164 cm³/mol. The van der Waals surface area contributed by atoms with Crippen LogP contribution in [0.3, 0.4) is 0 Å². The summed E-state index contributed by atoms with van der Waals surface area (Å²) in [7, 11) is 0. The number of benzene rings is 2. The number of aromatic amines is 1. The van der Waals surface area contributed by atoms with Gasteiger partial charge in [-0.1, -0.05) is 55.8 Å². The number of nitrogens with zero attached hydrogens (tertiary/aromatic N) is 1. The number of nitrogens with two attached hydrogens (primary N) is 1. The molecule has 1 aliphatic heterocycles. The van der Waals surface area contributed by atoms with E-state index in [1.165, 1.54) is 17.5 Å². The van der Waals surface area contributed by atoms with E-state index in [-0.39, 0.29) is 23.3 Å². The molecule has 3 aromatic rings. The second kappa shape index (κ2) is 11.9. The Morgan fingerprint density at radius 3 is 2.63 bits per heavy atom. The fraction of sp³-hybridized carbons (Fsp3) is 0.529. The second-order valence-electron chi connectivity index (χ2n) is 12.8. The largest absolute Gasteiger partial charge is 0.361 e. The fourth-order valence-electron chi connectivity index (χ4n) is 7.87. The molecule has 3 amide bonds. The number of aryl methyl sites for hydroxylation is 1. The van der Waals surface area contributed by atoms with Crippen LogP contribution >= 0.6 is 0 Å². The number of rotatable bonds is 7. The van der Waals surface area contributed by atoms with E-state index in [1.54, 1.807) is 0 Å². The quantitative estimate of drug-likeness (QED) is 0.322. The van der Waals surface area contributed by atoms with Gasteiger partial charge >= 0.3 is 6.03 Å². The van der Waals surface area contributed by atoms with Crippen molar-refractivity contribution in [1.82, 2.24) is 20.5 Å². The monoisotopic (exact) mass is 555 g/mol. The number of carbonyl (C=O) groups excluding carboxylic acids is 2. The van der Waals surface area contributed by atoms with Gasteiger partial charge in [0.1, 0.15) is 6.04 Å². The van der Waals surface area contributed by atoms with Crippen LogP contribution in [0.4, 0.5) is 4.79 Å². The number of nitrogens with one attached hydrogen (secondary N) is 3. The molecule has 1 aromatic heterocycles. The Hall–Kier alpha value is -3.32. The van der Waals surface area contributed by atoms with Crippen LogP contribution in [0.15, 0.2) is 54.7 Å². The van der Waals surface area contributed by atoms with Gasteiger partial charge in [-0.05, 0) is 91.5 Å². The van der Waals surface area contributed by atoms with Crippen molar-refractivity contribution in [3.8, 4) is 0 Å². The van der Waals surface area contributed by atoms with Gasteiger partial charge in [-0.25, -0.2) is 4.79 Å². The highest BCUT2D eigenvalue weighted by molar-refractivity contribution is 5.90. The minimum absolute atomic E-state index is 0.107. The van der Waals surface area contributed by atoms with Gasteiger partial charge in [0.2, 0.25) is 5.91 Å².